The molecule has 1 aromatic carbocycles. The molecule has 2 N–H and O–H groups in total. The first-order valence-corrected chi connectivity index (χ1v) is 6.40. The summed E-state index contributed by atoms with van der Waals surface area (Å²) in [6, 6.07) is 7.67. The molecule has 0 saturated carbocycles. The summed E-state index contributed by atoms with van der Waals surface area (Å²) in [4.78, 5) is 11.7. The van der Waals surface area contributed by atoms with E-state index in [1.165, 1.54) is 12.7 Å². The van der Waals surface area contributed by atoms with Crippen molar-refractivity contribution in [2.45, 2.75) is 32.9 Å². The van der Waals surface area contributed by atoms with E-state index in [0.717, 1.165) is 16.6 Å². The molecule has 1 unspecified atom stereocenters. The Hall–Kier alpha value is -1.81. The average molecular weight is 260 g/mol. The molecule has 0 bridgehead atoms. The molecule has 1 atom stereocenters. The van der Waals surface area contributed by atoms with E-state index in [4.69, 9.17) is 10.5 Å². The first-order valence-electron chi connectivity index (χ1n) is 6.40. The highest BCUT2D eigenvalue weighted by Crippen LogP contribution is 2.28. The number of aryl methyl sites for hydroxylation is 1. The van der Waals surface area contributed by atoms with Crippen LogP contribution in [-0.2, 0) is 9.53 Å². The quantitative estimate of drug-likeness (QED) is 0.863. The molecule has 0 radical (unpaired) electrons. The number of carbonyl (C=O) groups is 1. The van der Waals surface area contributed by atoms with Crippen LogP contribution in [0, 0.1) is 6.92 Å². The number of benzene rings is 1. The van der Waals surface area contributed by atoms with Crippen LogP contribution in [0.15, 0.2) is 24.3 Å². The Morgan fingerprint density at radius 3 is 2.58 bits per heavy atom. The van der Waals surface area contributed by atoms with Crippen molar-refractivity contribution in [3.8, 4) is 0 Å². The van der Waals surface area contributed by atoms with Crippen molar-refractivity contribution in [2.24, 2.45) is 5.73 Å². The monoisotopic (exact) mass is 260 g/mol. The smallest absolute Gasteiger partial charge is 0.328 e. The fourth-order valence-electron chi connectivity index (χ4n) is 2.42. The maximum atomic E-state index is 11.7. The van der Waals surface area contributed by atoms with Crippen LogP contribution >= 0.6 is 0 Å². The molecule has 0 aliphatic carbocycles. The molecule has 0 aliphatic heterocycles. The molecule has 0 fully saturated rings. The van der Waals surface area contributed by atoms with Crippen LogP contribution in [0.1, 0.15) is 37.2 Å². The Morgan fingerprint density at radius 2 is 2.00 bits per heavy atom. The lowest BCUT2D eigenvalue weighted by Crippen LogP contribution is -2.25. The predicted octanol–water partition coefficient (Wildman–Crippen LogP) is 2.70. The van der Waals surface area contributed by atoms with Crippen molar-refractivity contribution < 1.29 is 9.53 Å². The number of ether oxygens (including phenoxy) is 1. The summed E-state index contributed by atoms with van der Waals surface area (Å²) in [7, 11) is 1.36. The molecule has 4 heteroatoms. The van der Waals surface area contributed by atoms with Gasteiger partial charge in [-0.2, -0.15) is 0 Å². The normalized spacial score (nSPS) is 12.9. The van der Waals surface area contributed by atoms with Crippen molar-refractivity contribution in [3.63, 3.8) is 0 Å². The van der Waals surface area contributed by atoms with Crippen molar-refractivity contribution >= 4 is 16.9 Å². The maximum Gasteiger partial charge on any atom is 0.328 e. The van der Waals surface area contributed by atoms with Gasteiger partial charge in [0.2, 0.25) is 0 Å². The average Bonchev–Trinajstić information content (AvgIpc) is 2.75. The van der Waals surface area contributed by atoms with Gasteiger partial charge in [0.05, 0.1) is 7.11 Å². The number of nitrogens with two attached hydrogens (primary N) is 1. The molecule has 4 nitrogen and oxygen atoms in total. The molecule has 0 saturated heterocycles. The number of rotatable bonds is 3. The summed E-state index contributed by atoms with van der Waals surface area (Å²) in [5, 5.41) is 1.09. The third kappa shape index (κ3) is 2.36. The van der Waals surface area contributed by atoms with Crippen LogP contribution in [0.5, 0.6) is 0 Å². The molecular formula is C15H20N2O2. The zero-order chi connectivity index (χ0) is 14.2. The second kappa shape index (κ2) is 5.05. The van der Waals surface area contributed by atoms with Gasteiger partial charge in [0.1, 0.15) is 6.04 Å². The van der Waals surface area contributed by atoms with E-state index in [1.54, 1.807) is 0 Å². The van der Waals surface area contributed by atoms with Crippen LogP contribution in [0.4, 0.5) is 0 Å². The lowest BCUT2D eigenvalue weighted by molar-refractivity contribution is -0.142. The van der Waals surface area contributed by atoms with E-state index in [0.29, 0.717) is 0 Å². The highest BCUT2D eigenvalue weighted by atomic mass is 16.5. The summed E-state index contributed by atoms with van der Waals surface area (Å²) < 4.78 is 6.84. The maximum absolute atomic E-state index is 11.7. The topological polar surface area (TPSA) is 57.2 Å². The number of hydrogen-bond acceptors (Lipinski definition) is 3. The predicted molar refractivity (Wildman–Crippen MR) is 76.0 cm³/mol. The zero-order valence-electron chi connectivity index (χ0n) is 11.8. The Kier molecular flexibility index (Phi) is 3.62. The molecule has 0 spiro atoms. The molecule has 2 rings (SSSR count). The number of fused-ring (bicyclic) bond motifs is 1. The van der Waals surface area contributed by atoms with Crippen molar-refractivity contribution in [1.82, 2.24) is 4.57 Å². The van der Waals surface area contributed by atoms with Gasteiger partial charge in [-0.05, 0) is 43.9 Å². The van der Waals surface area contributed by atoms with E-state index in [-0.39, 0.29) is 6.04 Å². The Labute approximate surface area is 113 Å². The third-order valence-electron chi connectivity index (χ3n) is 3.32. The SMILES string of the molecule is COC(=O)C(N)c1cc2ccc(C)cc2n1C(C)C. The van der Waals surface area contributed by atoms with Gasteiger partial charge >= 0.3 is 5.97 Å². The Balaban J connectivity index is 2.66. The Morgan fingerprint density at radius 1 is 1.32 bits per heavy atom. The van der Waals surface area contributed by atoms with Crippen LogP contribution in [0.2, 0.25) is 0 Å². The van der Waals surface area contributed by atoms with Gasteiger partial charge in [0, 0.05) is 17.3 Å². The molecule has 0 aliphatic rings. The fraction of sp³-hybridized carbons (Fsp3) is 0.400. The number of carbonyl (C=O) groups excluding carboxylic acids is 1. The van der Waals surface area contributed by atoms with Gasteiger partial charge in [0.15, 0.2) is 0 Å². The number of methoxy groups -OCH3 is 1. The minimum Gasteiger partial charge on any atom is -0.468 e. The van der Waals surface area contributed by atoms with Crippen LogP contribution in [0.25, 0.3) is 10.9 Å². The van der Waals surface area contributed by atoms with Gasteiger partial charge in [-0.3, -0.25) is 0 Å². The van der Waals surface area contributed by atoms with Gasteiger partial charge in [0.25, 0.3) is 0 Å². The summed E-state index contributed by atoms with van der Waals surface area (Å²) in [6.07, 6.45) is 0. The van der Waals surface area contributed by atoms with E-state index in [9.17, 15) is 4.79 Å². The zero-order valence-corrected chi connectivity index (χ0v) is 11.8. The summed E-state index contributed by atoms with van der Waals surface area (Å²) in [5.41, 5.74) is 9.08. The second-order valence-corrected chi connectivity index (χ2v) is 5.10. The van der Waals surface area contributed by atoms with E-state index >= 15 is 0 Å². The second-order valence-electron chi connectivity index (χ2n) is 5.10. The summed E-state index contributed by atoms with van der Waals surface area (Å²) >= 11 is 0. The van der Waals surface area contributed by atoms with Gasteiger partial charge in [-0.25, -0.2) is 4.79 Å². The Bertz CT molecular complexity index is 614. The van der Waals surface area contributed by atoms with E-state index in [1.807, 2.05) is 6.07 Å². The van der Waals surface area contributed by atoms with Gasteiger partial charge in [-0.1, -0.05) is 12.1 Å². The molecule has 1 heterocycles. The third-order valence-corrected chi connectivity index (χ3v) is 3.32. The molecule has 2 aromatic rings. The highest BCUT2D eigenvalue weighted by molar-refractivity contribution is 5.85. The van der Waals surface area contributed by atoms with E-state index in [2.05, 4.69) is 43.5 Å². The lowest BCUT2D eigenvalue weighted by atomic mass is 10.2. The van der Waals surface area contributed by atoms with Crippen molar-refractivity contribution in [2.75, 3.05) is 7.11 Å². The lowest BCUT2D eigenvalue weighted by Gasteiger charge is -2.18. The standard InChI is InChI=1S/C15H20N2O2/c1-9(2)17-12-7-10(3)5-6-11(12)8-13(17)14(16)15(18)19-4/h5-9,14H,16H2,1-4H3. The van der Waals surface area contributed by atoms with Crippen molar-refractivity contribution in [1.29, 1.82) is 0 Å². The molecule has 102 valence electrons. The van der Waals surface area contributed by atoms with E-state index < -0.39 is 12.0 Å². The number of esters is 1. The molecule has 1 aromatic heterocycles. The highest BCUT2D eigenvalue weighted by Gasteiger charge is 2.23. The first kappa shape index (κ1) is 13.6. The number of hydrogen-bond donors (Lipinski definition) is 1. The van der Waals surface area contributed by atoms with Crippen LogP contribution in [-0.4, -0.2) is 17.6 Å². The first-order chi connectivity index (χ1) is 8.95. The molecule has 19 heavy (non-hydrogen) atoms. The molecular weight excluding hydrogens is 240 g/mol. The molecule has 0 amide bonds. The summed E-state index contributed by atoms with van der Waals surface area (Å²) in [5.74, 6) is -0.415. The van der Waals surface area contributed by atoms with Gasteiger partial charge in [-0.15, -0.1) is 0 Å². The number of nitrogens with zero attached hydrogens (tertiary/aromatic N) is 1. The summed E-state index contributed by atoms with van der Waals surface area (Å²) in [6.45, 7) is 6.21. The van der Waals surface area contributed by atoms with Gasteiger partial charge < -0.3 is 15.0 Å². The number of aromatic nitrogens is 1. The largest absolute Gasteiger partial charge is 0.468 e. The minimum atomic E-state index is -0.750. The van der Waals surface area contributed by atoms with Crippen molar-refractivity contribution in [3.05, 3.63) is 35.5 Å². The van der Waals surface area contributed by atoms with Crippen LogP contribution in [0.3, 0.4) is 0 Å². The fourth-order valence-corrected chi connectivity index (χ4v) is 2.42. The van der Waals surface area contributed by atoms with Crippen LogP contribution < -0.4 is 5.73 Å². The minimum absolute atomic E-state index is 0.227.